The molecule has 0 spiro atoms. The monoisotopic (exact) mass is 518 g/mol. The van der Waals surface area contributed by atoms with Gasteiger partial charge in [-0.2, -0.15) is 13.2 Å². The number of hydrogen-bond acceptors (Lipinski definition) is 5. The van der Waals surface area contributed by atoms with E-state index in [9.17, 15) is 22.4 Å². The van der Waals surface area contributed by atoms with Crippen LogP contribution in [-0.4, -0.2) is 58.7 Å². The number of pyridine rings is 1. The van der Waals surface area contributed by atoms with Crippen molar-refractivity contribution in [3.63, 3.8) is 0 Å². The highest BCUT2D eigenvalue weighted by Crippen LogP contribution is 2.36. The van der Waals surface area contributed by atoms with Crippen molar-refractivity contribution in [1.82, 2.24) is 30.1 Å². The third-order valence-electron chi connectivity index (χ3n) is 5.20. The molecule has 1 amide bonds. The molecular formula is C26H30F4N6O. The summed E-state index contributed by atoms with van der Waals surface area (Å²) in [6.45, 7) is 11.3. The molecule has 11 heteroatoms. The molecule has 0 bridgehead atoms. The van der Waals surface area contributed by atoms with E-state index in [-0.39, 0.29) is 40.6 Å². The Bertz CT molecular complexity index is 1220. The van der Waals surface area contributed by atoms with Crippen LogP contribution in [0.1, 0.15) is 39.6 Å². The van der Waals surface area contributed by atoms with Crippen molar-refractivity contribution in [2.75, 3.05) is 27.2 Å². The summed E-state index contributed by atoms with van der Waals surface area (Å²) in [5, 5.41) is 5.48. The fraction of sp³-hybridized carbons (Fsp3) is 0.269. The molecule has 0 aliphatic carbocycles. The lowest BCUT2D eigenvalue weighted by molar-refractivity contribution is -0.0689. The molecule has 0 saturated heterocycles. The number of halogens is 4. The topological polar surface area (TPSA) is 75.1 Å². The highest BCUT2D eigenvalue weighted by Gasteiger charge is 2.35. The van der Waals surface area contributed by atoms with Gasteiger partial charge in [-0.3, -0.25) is 4.79 Å². The summed E-state index contributed by atoms with van der Waals surface area (Å²) in [7, 11) is 5.33. The minimum atomic E-state index is -4.75. The number of nitrogens with one attached hydrogen (secondary N) is 2. The molecular weight excluding hydrogens is 488 g/mol. The van der Waals surface area contributed by atoms with Crippen molar-refractivity contribution in [3.05, 3.63) is 84.6 Å². The Hall–Kier alpha value is -3.99. The van der Waals surface area contributed by atoms with Gasteiger partial charge in [-0.05, 0) is 26.2 Å². The van der Waals surface area contributed by atoms with Gasteiger partial charge in [-0.1, -0.05) is 31.9 Å². The maximum Gasteiger partial charge on any atom is 0.417 e. The standard InChI is InChI=1S/C26H30F4N6O/c1-7-21-22(18(3)33-20(16-27)10-13-35(4)5)15-19(34-23(21)17(2)26(28,29)30)9-8-11-32-25(37)24-31-12-14-36(24)6/h7-9,12,14-16,33H,1-3,10-11,13H2,4-6H3,(H,32,37)/b9-8+,20-16-. The summed E-state index contributed by atoms with van der Waals surface area (Å²) in [4.78, 5) is 22.1. The molecule has 2 heterocycles. The van der Waals surface area contributed by atoms with Crippen LogP contribution in [0, 0.1) is 0 Å². The molecule has 0 aliphatic heterocycles. The van der Waals surface area contributed by atoms with E-state index in [2.05, 4.69) is 40.3 Å². The first-order valence-electron chi connectivity index (χ1n) is 11.1. The van der Waals surface area contributed by atoms with Crippen molar-refractivity contribution >= 4 is 29.3 Å². The number of aromatic nitrogens is 3. The molecule has 0 unspecified atom stereocenters. The van der Waals surface area contributed by atoms with Gasteiger partial charge in [0.1, 0.15) is 6.33 Å². The van der Waals surface area contributed by atoms with Crippen molar-refractivity contribution < 1.29 is 22.4 Å². The second-order valence-electron chi connectivity index (χ2n) is 8.30. The number of alkyl halides is 3. The Kier molecular flexibility index (Phi) is 10.1. The fourth-order valence-corrected chi connectivity index (χ4v) is 3.23. The zero-order valence-electron chi connectivity index (χ0n) is 21.0. The minimum Gasteiger partial charge on any atom is -0.357 e. The van der Waals surface area contributed by atoms with Crippen LogP contribution < -0.4 is 10.6 Å². The van der Waals surface area contributed by atoms with Crippen LogP contribution in [0.2, 0.25) is 0 Å². The third-order valence-corrected chi connectivity index (χ3v) is 5.20. The summed E-state index contributed by atoms with van der Waals surface area (Å²) in [5.41, 5.74) is -0.793. The van der Waals surface area contributed by atoms with Crippen LogP contribution in [0.15, 0.2) is 56.3 Å². The van der Waals surface area contributed by atoms with E-state index >= 15 is 0 Å². The first-order chi connectivity index (χ1) is 17.4. The van der Waals surface area contributed by atoms with Crippen LogP contribution >= 0.6 is 0 Å². The molecule has 0 saturated carbocycles. The molecule has 7 nitrogen and oxygen atoms in total. The van der Waals surface area contributed by atoms with Gasteiger partial charge in [-0.25, -0.2) is 14.4 Å². The molecule has 0 aliphatic rings. The highest BCUT2D eigenvalue weighted by atomic mass is 19.4. The largest absolute Gasteiger partial charge is 0.417 e. The number of hydrogen-bond donors (Lipinski definition) is 2. The molecule has 0 aromatic carbocycles. The van der Waals surface area contributed by atoms with E-state index in [0.717, 1.165) is 0 Å². The summed E-state index contributed by atoms with van der Waals surface area (Å²) in [6, 6.07) is 1.50. The van der Waals surface area contributed by atoms with Crippen LogP contribution in [0.4, 0.5) is 17.6 Å². The lowest BCUT2D eigenvalue weighted by atomic mass is 9.98. The number of rotatable bonds is 12. The van der Waals surface area contributed by atoms with Crippen molar-refractivity contribution in [1.29, 1.82) is 0 Å². The number of carbonyl (C=O) groups is 1. The molecule has 0 radical (unpaired) electrons. The Labute approximate surface area is 213 Å². The normalized spacial score (nSPS) is 12.2. The summed E-state index contributed by atoms with van der Waals surface area (Å²) < 4.78 is 55.7. The van der Waals surface area contributed by atoms with Gasteiger partial charge in [-0.15, -0.1) is 0 Å². The number of imidazole rings is 1. The molecule has 37 heavy (non-hydrogen) atoms. The van der Waals surface area contributed by atoms with Gasteiger partial charge < -0.3 is 20.1 Å². The first kappa shape index (κ1) is 29.2. The van der Waals surface area contributed by atoms with Crippen LogP contribution in [0.5, 0.6) is 0 Å². The number of allylic oxidation sites excluding steroid dienone is 1. The smallest absolute Gasteiger partial charge is 0.357 e. The quantitative estimate of drug-likeness (QED) is 0.395. The van der Waals surface area contributed by atoms with Crippen LogP contribution in [0.25, 0.3) is 23.4 Å². The van der Waals surface area contributed by atoms with Crippen LogP contribution in [-0.2, 0) is 7.05 Å². The number of aryl methyl sites for hydroxylation is 1. The van der Waals surface area contributed by atoms with Crippen molar-refractivity contribution in [2.24, 2.45) is 7.05 Å². The van der Waals surface area contributed by atoms with Gasteiger partial charge in [0, 0.05) is 61.5 Å². The van der Waals surface area contributed by atoms with Gasteiger partial charge in [0.15, 0.2) is 5.82 Å². The second-order valence-corrected chi connectivity index (χ2v) is 8.30. The van der Waals surface area contributed by atoms with Crippen LogP contribution in [0.3, 0.4) is 0 Å². The summed E-state index contributed by atoms with van der Waals surface area (Å²) in [6.07, 6.45) is 3.28. The maximum absolute atomic E-state index is 13.6. The Balaban J connectivity index is 2.38. The number of nitrogens with zero attached hydrogens (tertiary/aromatic N) is 4. The third kappa shape index (κ3) is 8.01. The molecule has 2 rings (SSSR count). The predicted molar refractivity (Wildman–Crippen MR) is 139 cm³/mol. The van der Waals surface area contributed by atoms with E-state index in [4.69, 9.17) is 0 Å². The second kappa shape index (κ2) is 12.8. The van der Waals surface area contributed by atoms with E-state index in [1.807, 2.05) is 19.0 Å². The lowest BCUT2D eigenvalue weighted by Crippen LogP contribution is -2.26. The van der Waals surface area contributed by atoms with Crippen molar-refractivity contribution in [2.45, 2.75) is 12.6 Å². The molecule has 0 fully saturated rings. The summed E-state index contributed by atoms with van der Waals surface area (Å²) >= 11 is 0. The van der Waals surface area contributed by atoms with Gasteiger partial charge in [0.05, 0.1) is 17.0 Å². The fourth-order valence-electron chi connectivity index (χ4n) is 3.23. The van der Waals surface area contributed by atoms with Crippen molar-refractivity contribution in [3.8, 4) is 0 Å². The highest BCUT2D eigenvalue weighted by molar-refractivity contribution is 5.90. The van der Waals surface area contributed by atoms with E-state index < -0.39 is 23.4 Å². The Morgan fingerprint density at radius 2 is 1.97 bits per heavy atom. The van der Waals surface area contributed by atoms with E-state index in [0.29, 0.717) is 19.3 Å². The Morgan fingerprint density at radius 3 is 2.51 bits per heavy atom. The van der Waals surface area contributed by atoms with E-state index in [1.54, 1.807) is 17.8 Å². The maximum atomic E-state index is 13.6. The molecule has 2 aromatic heterocycles. The average molecular weight is 519 g/mol. The SMILES string of the molecule is C=Cc1c(C(=C)N/C(=C\F)CCN(C)C)cc(/C=C/CNC(=O)c2nccn2C)nc1C(=C)C(F)(F)F. The van der Waals surface area contributed by atoms with Gasteiger partial charge in [0.2, 0.25) is 0 Å². The summed E-state index contributed by atoms with van der Waals surface area (Å²) in [5.74, 6) is -0.207. The van der Waals surface area contributed by atoms with E-state index in [1.165, 1.54) is 30.5 Å². The molecule has 2 N–H and O–H groups in total. The average Bonchev–Trinajstić information content (AvgIpc) is 3.28. The number of carbonyl (C=O) groups excluding carboxylic acids is 1. The molecule has 2 aromatic rings. The number of amides is 1. The first-order valence-corrected chi connectivity index (χ1v) is 11.1. The minimum absolute atomic E-state index is 0.0471. The lowest BCUT2D eigenvalue weighted by Gasteiger charge is -2.20. The molecule has 198 valence electrons. The molecule has 0 atom stereocenters. The zero-order valence-corrected chi connectivity index (χ0v) is 21.0. The van der Waals surface area contributed by atoms with Gasteiger partial charge >= 0.3 is 6.18 Å². The Morgan fingerprint density at radius 1 is 1.27 bits per heavy atom. The van der Waals surface area contributed by atoms with Gasteiger partial charge in [0.25, 0.3) is 5.91 Å². The predicted octanol–water partition coefficient (Wildman–Crippen LogP) is 4.80. The zero-order chi connectivity index (χ0) is 27.8.